The van der Waals surface area contributed by atoms with Crippen LogP contribution in [-0.4, -0.2) is 27.3 Å². The maximum atomic E-state index is 9.21. The summed E-state index contributed by atoms with van der Waals surface area (Å²) < 4.78 is 2.15. The van der Waals surface area contributed by atoms with Crippen LogP contribution in [0.2, 0.25) is 0 Å². The molecule has 0 aliphatic carbocycles. The number of pyridine rings is 1. The smallest absolute Gasteiger partial charge is 0.140 e. The van der Waals surface area contributed by atoms with Gasteiger partial charge in [0.2, 0.25) is 0 Å². The van der Waals surface area contributed by atoms with E-state index in [0.29, 0.717) is 6.04 Å². The lowest BCUT2D eigenvalue weighted by Gasteiger charge is -2.09. The molecule has 0 bridgehead atoms. The zero-order valence-corrected chi connectivity index (χ0v) is 11.9. The number of aromatic nitrogens is 2. The molecule has 0 amide bonds. The van der Waals surface area contributed by atoms with E-state index in [1.54, 1.807) is 0 Å². The third-order valence-corrected chi connectivity index (χ3v) is 3.24. The first-order valence-electron chi connectivity index (χ1n) is 6.88. The number of rotatable bonds is 6. The Hall–Kier alpha value is -1.39. The van der Waals surface area contributed by atoms with Crippen LogP contribution >= 0.6 is 0 Å². The molecule has 0 spiro atoms. The number of aliphatic hydroxyl groups is 1. The van der Waals surface area contributed by atoms with Gasteiger partial charge in [-0.25, -0.2) is 4.98 Å². The lowest BCUT2D eigenvalue weighted by molar-refractivity contribution is 0.224. The summed E-state index contributed by atoms with van der Waals surface area (Å²) in [4.78, 5) is 4.47. The Morgan fingerprint density at radius 1 is 1.37 bits per heavy atom. The summed E-state index contributed by atoms with van der Waals surface area (Å²) in [5.74, 6) is 0.239. The van der Waals surface area contributed by atoms with Gasteiger partial charge in [0.05, 0.1) is 0 Å². The molecule has 2 heterocycles. The Bertz CT molecular complexity index is 533. The highest BCUT2D eigenvalue weighted by molar-refractivity contribution is 5.80. The average molecular weight is 261 g/mol. The van der Waals surface area contributed by atoms with Gasteiger partial charge in [-0.3, -0.25) is 0 Å². The van der Waals surface area contributed by atoms with Gasteiger partial charge in [-0.1, -0.05) is 20.8 Å². The molecule has 1 unspecified atom stereocenters. The fourth-order valence-electron chi connectivity index (χ4n) is 2.18. The molecule has 2 rings (SSSR count). The molecule has 0 aliphatic heterocycles. The summed E-state index contributed by atoms with van der Waals surface area (Å²) >= 11 is 0. The lowest BCUT2D eigenvalue weighted by Crippen LogP contribution is -2.21. The van der Waals surface area contributed by atoms with Gasteiger partial charge < -0.3 is 15.0 Å². The van der Waals surface area contributed by atoms with Gasteiger partial charge in [-0.2, -0.15) is 0 Å². The van der Waals surface area contributed by atoms with E-state index < -0.39 is 0 Å². The highest BCUT2D eigenvalue weighted by atomic mass is 16.3. The van der Waals surface area contributed by atoms with Crippen molar-refractivity contribution in [2.24, 2.45) is 5.92 Å². The SMILES string of the molecule is CC(CO)Cn1cc(CNC(C)C)c2cccnc21. The van der Waals surface area contributed by atoms with Crippen LogP contribution in [0.4, 0.5) is 0 Å². The van der Waals surface area contributed by atoms with Crippen LogP contribution in [0.15, 0.2) is 24.5 Å². The Morgan fingerprint density at radius 3 is 2.84 bits per heavy atom. The quantitative estimate of drug-likeness (QED) is 0.838. The molecule has 104 valence electrons. The standard InChI is InChI=1S/C15H23N3O/c1-11(2)17-7-13-9-18(8-12(3)10-19)15-14(13)5-4-6-16-15/h4-6,9,11-12,17,19H,7-8,10H2,1-3H3. The van der Waals surface area contributed by atoms with Crippen LogP contribution in [-0.2, 0) is 13.1 Å². The molecular weight excluding hydrogens is 238 g/mol. The van der Waals surface area contributed by atoms with Crippen molar-refractivity contribution in [2.75, 3.05) is 6.61 Å². The Labute approximate surface area is 114 Å². The molecule has 0 saturated carbocycles. The van der Waals surface area contributed by atoms with Crippen LogP contribution in [0.5, 0.6) is 0 Å². The van der Waals surface area contributed by atoms with Gasteiger partial charge in [0, 0.05) is 43.5 Å². The molecule has 2 N–H and O–H groups in total. The van der Waals surface area contributed by atoms with Crippen molar-refractivity contribution >= 4 is 11.0 Å². The molecule has 0 saturated heterocycles. The second-order valence-corrected chi connectivity index (χ2v) is 5.50. The van der Waals surface area contributed by atoms with E-state index in [0.717, 1.165) is 18.7 Å². The molecule has 0 aliphatic rings. The predicted molar refractivity (Wildman–Crippen MR) is 78.0 cm³/mol. The van der Waals surface area contributed by atoms with E-state index in [2.05, 4.69) is 41.0 Å². The lowest BCUT2D eigenvalue weighted by atomic mass is 10.2. The highest BCUT2D eigenvalue weighted by Crippen LogP contribution is 2.20. The van der Waals surface area contributed by atoms with Crippen LogP contribution in [0.1, 0.15) is 26.3 Å². The van der Waals surface area contributed by atoms with Crippen molar-refractivity contribution in [3.8, 4) is 0 Å². The van der Waals surface area contributed by atoms with Crippen LogP contribution in [0, 0.1) is 5.92 Å². The Kier molecular flexibility index (Phi) is 4.56. The fourth-order valence-corrected chi connectivity index (χ4v) is 2.18. The normalized spacial score (nSPS) is 13.3. The van der Waals surface area contributed by atoms with E-state index in [-0.39, 0.29) is 12.5 Å². The first-order valence-corrected chi connectivity index (χ1v) is 6.88. The maximum absolute atomic E-state index is 9.21. The van der Waals surface area contributed by atoms with E-state index in [1.165, 1.54) is 10.9 Å². The van der Waals surface area contributed by atoms with Crippen molar-refractivity contribution in [3.05, 3.63) is 30.1 Å². The minimum Gasteiger partial charge on any atom is -0.396 e. The minimum atomic E-state index is 0.200. The summed E-state index contributed by atoms with van der Waals surface area (Å²) in [7, 11) is 0. The third kappa shape index (κ3) is 3.33. The molecule has 0 radical (unpaired) electrons. The highest BCUT2D eigenvalue weighted by Gasteiger charge is 2.11. The summed E-state index contributed by atoms with van der Waals surface area (Å²) in [5.41, 5.74) is 2.27. The molecule has 1 atom stereocenters. The second kappa shape index (κ2) is 6.17. The molecule has 4 heteroatoms. The minimum absolute atomic E-state index is 0.200. The topological polar surface area (TPSA) is 50.1 Å². The van der Waals surface area contributed by atoms with Gasteiger partial charge in [0.1, 0.15) is 5.65 Å². The number of fused-ring (bicyclic) bond motifs is 1. The monoisotopic (exact) mass is 261 g/mol. The van der Waals surface area contributed by atoms with E-state index in [9.17, 15) is 5.11 Å². The van der Waals surface area contributed by atoms with Crippen molar-refractivity contribution in [1.29, 1.82) is 0 Å². The average Bonchev–Trinajstić information content (AvgIpc) is 2.75. The van der Waals surface area contributed by atoms with Gasteiger partial charge in [-0.15, -0.1) is 0 Å². The zero-order valence-electron chi connectivity index (χ0n) is 11.9. The number of hydrogen-bond acceptors (Lipinski definition) is 3. The first kappa shape index (κ1) is 14.0. The maximum Gasteiger partial charge on any atom is 0.140 e. The molecular formula is C15H23N3O. The number of aliphatic hydroxyl groups excluding tert-OH is 1. The van der Waals surface area contributed by atoms with Crippen molar-refractivity contribution in [3.63, 3.8) is 0 Å². The molecule has 4 nitrogen and oxygen atoms in total. The first-order chi connectivity index (χ1) is 9.11. The van der Waals surface area contributed by atoms with Crippen LogP contribution < -0.4 is 5.32 Å². The van der Waals surface area contributed by atoms with Crippen LogP contribution in [0.25, 0.3) is 11.0 Å². The summed E-state index contributed by atoms with van der Waals surface area (Å²) in [6, 6.07) is 4.55. The summed E-state index contributed by atoms with van der Waals surface area (Å²) in [6.07, 6.45) is 3.97. The third-order valence-electron chi connectivity index (χ3n) is 3.24. The molecule has 0 aromatic carbocycles. The van der Waals surface area contributed by atoms with E-state index >= 15 is 0 Å². The zero-order chi connectivity index (χ0) is 13.8. The van der Waals surface area contributed by atoms with Gasteiger partial charge in [0.25, 0.3) is 0 Å². The van der Waals surface area contributed by atoms with Crippen molar-refractivity contribution in [1.82, 2.24) is 14.9 Å². The second-order valence-electron chi connectivity index (χ2n) is 5.50. The molecule has 0 fully saturated rings. The van der Waals surface area contributed by atoms with Crippen LogP contribution in [0.3, 0.4) is 0 Å². The summed E-state index contributed by atoms with van der Waals surface area (Å²) in [5, 5.41) is 13.8. The van der Waals surface area contributed by atoms with Gasteiger partial charge in [-0.05, 0) is 23.6 Å². The number of nitrogens with one attached hydrogen (secondary N) is 1. The Morgan fingerprint density at radius 2 is 2.16 bits per heavy atom. The van der Waals surface area contributed by atoms with E-state index in [4.69, 9.17) is 0 Å². The number of hydrogen-bond donors (Lipinski definition) is 2. The summed E-state index contributed by atoms with van der Waals surface area (Å²) in [6.45, 7) is 8.18. The van der Waals surface area contributed by atoms with Crippen molar-refractivity contribution < 1.29 is 5.11 Å². The predicted octanol–water partition coefficient (Wildman–Crippen LogP) is 2.16. The molecule has 19 heavy (non-hydrogen) atoms. The fraction of sp³-hybridized carbons (Fsp3) is 0.533. The number of nitrogens with zero attached hydrogens (tertiary/aromatic N) is 2. The van der Waals surface area contributed by atoms with E-state index in [1.807, 2.05) is 19.2 Å². The molecule has 2 aromatic heterocycles. The van der Waals surface area contributed by atoms with Crippen molar-refractivity contribution in [2.45, 2.75) is 39.9 Å². The molecule has 2 aromatic rings. The van der Waals surface area contributed by atoms with Gasteiger partial charge in [0.15, 0.2) is 0 Å². The van der Waals surface area contributed by atoms with Gasteiger partial charge >= 0.3 is 0 Å². The Balaban J connectivity index is 2.31. The largest absolute Gasteiger partial charge is 0.396 e.